The van der Waals surface area contributed by atoms with Gasteiger partial charge in [-0.25, -0.2) is 0 Å². The van der Waals surface area contributed by atoms with Crippen LogP contribution < -0.4 is 0 Å². The molecule has 0 aliphatic carbocycles. The first-order valence-electron chi connectivity index (χ1n) is 10.8. The zero-order chi connectivity index (χ0) is 21.4. The van der Waals surface area contributed by atoms with Crippen molar-refractivity contribution in [2.75, 3.05) is 0 Å². The molecule has 3 N–H and O–H groups in total. The minimum atomic E-state index is -4.55. The van der Waals surface area contributed by atoms with Gasteiger partial charge in [0.25, 0.3) is 0 Å². The third-order valence-corrected chi connectivity index (χ3v) is 9.05. The Morgan fingerprint density at radius 3 is 1.44 bits per heavy atom. The summed E-state index contributed by atoms with van der Waals surface area (Å²) in [5, 5.41) is 9.08. The highest BCUT2D eigenvalue weighted by Gasteiger charge is 2.67. The summed E-state index contributed by atoms with van der Waals surface area (Å²) >= 11 is 0. The lowest BCUT2D eigenvalue weighted by atomic mass is 9.51. The van der Waals surface area contributed by atoms with Crippen LogP contribution in [-0.4, -0.2) is 26.0 Å². The second kappa shape index (κ2) is 11.0. The molecule has 0 radical (unpaired) electrons. The summed E-state index contributed by atoms with van der Waals surface area (Å²) in [6.45, 7) is 11.7. The first-order chi connectivity index (χ1) is 12.5. The summed E-state index contributed by atoms with van der Waals surface area (Å²) in [6.07, 6.45) is 6.49. The van der Waals surface area contributed by atoms with E-state index < -0.39 is 29.6 Å². The van der Waals surface area contributed by atoms with E-state index in [2.05, 4.69) is 0 Å². The fourth-order valence-electron chi connectivity index (χ4n) is 5.32. The number of hydrogen-bond donors (Lipinski definition) is 3. The highest BCUT2D eigenvalue weighted by atomic mass is 31.2. The van der Waals surface area contributed by atoms with Crippen LogP contribution in [0.3, 0.4) is 0 Å². The maximum atomic E-state index is 13.0. The van der Waals surface area contributed by atoms with Gasteiger partial charge in [0, 0.05) is 5.41 Å². The molecule has 0 heterocycles. The van der Waals surface area contributed by atoms with E-state index in [0.29, 0.717) is 57.8 Å². The molecule has 0 amide bonds. The van der Waals surface area contributed by atoms with E-state index in [1.165, 1.54) is 0 Å². The fraction of sp³-hybridized carbons (Fsp3) is 0.952. The number of carbonyl (C=O) groups is 1. The first-order valence-corrected chi connectivity index (χ1v) is 12.4. The van der Waals surface area contributed by atoms with Gasteiger partial charge in [-0.15, -0.1) is 0 Å². The van der Waals surface area contributed by atoms with Gasteiger partial charge in [-0.2, -0.15) is 0 Å². The SMILES string of the molecule is CCCCC(CCCC)(C(C)(CC)C(CCC)(CCC)C(=O)O)P(=O)(O)O. The molecule has 1 unspecified atom stereocenters. The van der Waals surface area contributed by atoms with Crippen molar-refractivity contribution in [3.05, 3.63) is 0 Å². The Bertz CT molecular complexity index is 485. The van der Waals surface area contributed by atoms with E-state index in [9.17, 15) is 24.3 Å². The van der Waals surface area contributed by atoms with Crippen molar-refractivity contribution in [1.82, 2.24) is 0 Å². The maximum absolute atomic E-state index is 13.0. The summed E-state index contributed by atoms with van der Waals surface area (Å²) in [7, 11) is -4.55. The maximum Gasteiger partial charge on any atom is 0.332 e. The van der Waals surface area contributed by atoms with Crippen LogP contribution in [0.25, 0.3) is 0 Å². The van der Waals surface area contributed by atoms with Crippen LogP contribution in [0, 0.1) is 10.8 Å². The average Bonchev–Trinajstić information content (AvgIpc) is 2.59. The number of carboxylic acid groups (broad SMARTS) is 1. The molecule has 0 bridgehead atoms. The van der Waals surface area contributed by atoms with Crippen molar-refractivity contribution >= 4 is 13.6 Å². The zero-order valence-electron chi connectivity index (χ0n) is 18.4. The minimum absolute atomic E-state index is 0.376. The quantitative estimate of drug-likeness (QED) is 0.275. The summed E-state index contributed by atoms with van der Waals surface area (Å²) in [5.41, 5.74) is -2.12. The Balaban J connectivity index is 6.93. The zero-order valence-corrected chi connectivity index (χ0v) is 19.3. The van der Waals surface area contributed by atoms with Crippen LogP contribution in [0.15, 0.2) is 0 Å². The van der Waals surface area contributed by atoms with Crippen LogP contribution in [0.4, 0.5) is 0 Å². The third kappa shape index (κ3) is 4.97. The average molecular weight is 407 g/mol. The van der Waals surface area contributed by atoms with E-state index in [4.69, 9.17) is 0 Å². The topological polar surface area (TPSA) is 94.8 Å². The van der Waals surface area contributed by atoms with Crippen molar-refractivity contribution in [3.8, 4) is 0 Å². The smallest absolute Gasteiger partial charge is 0.332 e. The lowest BCUT2D eigenvalue weighted by Gasteiger charge is -2.57. The molecule has 0 spiro atoms. The molecule has 0 rings (SSSR count). The van der Waals surface area contributed by atoms with Gasteiger partial charge in [-0.05, 0) is 32.1 Å². The normalized spacial score (nSPS) is 15.6. The molecule has 0 saturated heterocycles. The second-order valence-corrected chi connectivity index (χ2v) is 10.3. The summed E-state index contributed by atoms with van der Waals surface area (Å²) in [4.78, 5) is 34.0. The molecule has 0 aromatic heterocycles. The summed E-state index contributed by atoms with van der Waals surface area (Å²) in [6, 6.07) is 0. The van der Waals surface area contributed by atoms with Crippen LogP contribution in [0.2, 0.25) is 0 Å². The van der Waals surface area contributed by atoms with Crippen LogP contribution in [0.5, 0.6) is 0 Å². The van der Waals surface area contributed by atoms with Gasteiger partial charge in [-0.1, -0.05) is 80.1 Å². The van der Waals surface area contributed by atoms with Crippen LogP contribution in [0.1, 0.15) is 112 Å². The van der Waals surface area contributed by atoms with Gasteiger partial charge < -0.3 is 14.9 Å². The van der Waals surface area contributed by atoms with Gasteiger partial charge >= 0.3 is 13.6 Å². The molecule has 0 fully saturated rings. The number of carboxylic acids is 1. The van der Waals surface area contributed by atoms with E-state index >= 15 is 0 Å². The molecule has 0 saturated carbocycles. The molecule has 0 aromatic rings. The van der Waals surface area contributed by atoms with Gasteiger partial charge in [0.2, 0.25) is 0 Å². The van der Waals surface area contributed by atoms with Crippen molar-refractivity contribution < 1.29 is 24.3 Å². The minimum Gasteiger partial charge on any atom is -0.481 e. The molecule has 1 atom stereocenters. The predicted molar refractivity (Wildman–Crippen MR) is 112 cm³/mol. The van der Waals surface area contributed by atoms with Gasteiger partial charge in [-0.3, -0.25) is 9.36 Å². The van der Waals surface area contributed by atoms with E-state index in [0.717, 1.165) is 12.8 Å². The van der Waals surface area contributed by atoms with Crippen LogP contribution >= 0.6 is 7.60 Å². The summed E-state index contributed by atoms with van der Waals surface area (Å²) < 4.78 is 13.0. The highest BCUT2D eigenvalue weighted by molar-refractivity contribution is 7.53. The molecule has 5 nitrogen and oxygen atoms in total. The van der Waals surface area contributed by atoms with Crippen molar-refractivity contribution in [2.45, 2.75) is 117 Å². The predicted octanol–water partition coefficient (Wildman–Crippen LogP) is 6.37. The number of aliphatic carboxylic acids is 1. The van der Waals surface area contributed by atoms with Gasteiger partial charge in [0.15, 0.2) is 0 Å². The summed E-state index contributed by atoms with van der Waals surface area (Å²) in [5.74, 6) is -0.902. The molecular weight excluding hydrogens is 363 g/mol. The van der Waals surface area contributed by atoms with Gasteiger partial charge in [0.1, 0.15) is 0 Å². The lowest BCUT2D eigenvalue weighted by molar-refractivity contribution is -0.164. The first kappa shape index (κ1) is 26.6. The molecular formula is C21H43O5P. The third-order valence-electron chi connectivity index (χ3n) is 7.00. The number of rotatable bonds is 15. The molecule has 27 heavy (non-hydrogen) atoms. The van der Waals surface area contributed by atoms with Gasteiger partial charge in [0.05, 0.1) is 10.6 Å². The molecule has 6 heteroatoms. The fourth-order valence-corrected chi connectivity index (χ4v) is 7.23. The molecule has 0 aromatic carbocycles. The standard InChI is InChI=1S/C21H43O5P/c1-7-12-16-21(17-13-8-2,27(24,25)26)19(6,11-5)20(14-9-3,15-10-4)18(22)23/h7-17H2,1-6H3,(H,22,23)(H2,24,25,26). The Kier molecular flexibility index (Phi) is 10.8. The van der Waals surface area contributed by atoms with Crippen LogP contribution in [-0.2, 0) is 9.36 Å². The largest absolute Gasteiger partial charge is 0.481 e. The lowest BCUT2D eigenvalue weighted by Crippen LogP contribution is -2.59. The van der Waals surface area contributed by atoms with E-state index in [1.807, 2.05) is 41.5 Å². The molecule has 0 aliphatic heterocycles. The van der Waals surface area contributed by atoms with E-state index in [1.54, 1.807) is 0 Å². The Morgan fingerprint density at radius 1 is 0.815 bits per heavy atom. The van der Waals surface area contributed by atoms with E-state index in [-0.39, 0.29) is 0 Å². The molecule has 162 valence electrons. The number of hydrogen-bond acceptors (Lipinski definition) is 2. The van der Waals surface area contributed by atoms with Crippen molar-refractivity contribution in [3.63, 3.8) is 0 Å². The second-order valence-electron chi connectivity index (χ2n) is 8.36. The Morgan fingerprint density at radius 2 is 1.22 bits per heavy atom. The van der Waals surface area contributed by atoms with Crippen molar-refractivity contribution in [1.29, 1.82) is 0 Å². The monoisotopic (exact) mass is 406 g/mol. The molecule has 0 aliphatic rings. The number of unbranched alkanes of at least 4 members (excludes halogenated alkanes) is 2. The Labute approximate surface area is 166 Å². The van der Waals surface area contributed by atoms with Crippen molar-refractivity contribution in [2.24, 2.45) is 10.8 Å². The Hall–Kier alpha value is -0.380. The highest BCUT2D eigenvalue weighted by Crippen LogP contribution is 2.71.